The molecule has 12 rings (SSSR count). The van der Waals surface area contributed by atoms with E-state index in [9.17, 15) is 0 Å². The molecule has 0 saturated carbocycles. The molecule has 262 valence electrons. The van der Waals surface area contributed by atoms with E-state index in [0.29, 0.717) is 17.5 Å². The van der Waals surface area contributed by atoms with E-state index in [2.05, 4.69) is 97.1 Å². The fraction of sp³-hybridized carbons (Fsp3) is 0.0392. The van der Waals surface area contributed by atoms with Gasteiger partial charge in [0.2, 0.25) is 0 Å². The van der Waals surface area contributed by atoms with Crippen molar-refractivity contribution in [2.45, 2.75) is 11.8 Å². The SMILES string of the molecule is c1ccc(-c2cnc(-c3ccc4c(c3)C3c5ccccc5C4c4cc(-c5ccc(-c6nc(-c7ccccc7)nc(-c7ccccc7)n6)cc5)ccc43)cn2)cc1. The molecule has 5 heteroatoms. The summed E-state index contributed by atoms with van der Waals surface area (Å²) >= 11 is 0. The van der Waals surface area contributed by atoms with Gasteiger partial charge in [0.25, 0.3) is 0 Å². The third-order valence-electron chi connectivity index (χ3n) is 11.2. The fourth-order valence-electron chi connectivity index (χ4n) is 8.54. The van der Waals surface area contributed by atoms with Crippen LogP contribution in [0.5, 0.6) is 0 Å². The highest BCUT2D eigenvalue weighted by Gasteiger charge is 2.41. The molecular weight excluding hydrogens is 683 g/mol. The van der Waals surface area contributed by atoms with E-state index in [-0.39, 0.29) is 11.8 Å². The Morgan fingerprint density at radius 1 is 0.268 bits per heavy atom. The van der Waals surface area contributed by atoms with E-state index in [4.69, 9.17) is 24.9 Å². The molecule has 2 aromatic heterocycles. The largest absolute Gasteiger partial charge is 0.252 e. The van der Waals surface area contributed by atoms with Crippen molar-refractivity contribution in [2.75, 3.05) is 0 Å². The lowest BCUT2D eigenvalue weighted by Gasteiger charge is -2.42. The number of benzene rings is 7. The first kappa shape index (κ1) is 32.1. The quantitative estimate of drug-likeness (QED) is 0.171. The van der Waals surface area contributed by atoms with Crippen LogP contribution in [-0.4, -0.2) is 24.9 Å². The van der Waals surface area contributed by atoms with Crippen LogP contribution in [0.3, 0.4) is 0 Å². The topological polar surface area (TPSA) is 64.5 Å². The van der Waals surface area contributed by atoms with Crippen LogP contribution in [0, 0.1) is 0 Å². The van der Waals surface area contributed by atoms with Crippen molar-refractivity contribution in [1.29, 1.82) is 0 Å². The first-order valence-electron chi connectivity index (χ1n) is 19.0. The van der Waals surface area contributed by atoms with Crippen molar-refractivity contribution in [1.82, 2.24) is 24.9 Å². The Morgan fingerprint density at radius 2 is 0.625 bits per heavy atom. The Kier molecular flexibility index (Phi) is 7.56. The summed E-state index contributed by atoms with van der Waals surface area (Å²) in [5.41, 5.74) is 17.4. The highest BCUT2D eigenvalue weighted by molar-refractivity contribution is 5.76. The summed E-state index contributed by atoms with van der Waals surface area (Å²) in [4.78, 5) is 24.4. The molecule has 0 N–H and O–H groups in total. The van der Waals surface area contributed by atoms with Gasteiger partial charge in [-0.15, -0.1) is 0 Å². The maximum absolute atomic E-state index is 4.94. The van der Waals surface area contributed by atoms with E-state index in [1.54, 1.807) is 0 Å². The summed E-state index contributed by atoms with van der Waals surface area (Å²) in [6, 6.07) is 61.9. The number of hydrogen-bond acceptors (Lipinski definition) is 5. The van der Waals surface area contributed by atoms with Crippen molar-refractivity contribution in [3.05, 3.63) is 222 Å². The molecule has 3 aliphatic carbocycles. The standard InChI is InChI=1S/C51H33N5/c1-4-12-33(13-5-1)45-30-53-46(31-52-45)38-25-27-42-44(29-38)48-40-19-11-10-18-39(40)47(42)43-28-37(24-26-41(43)48)32-20-22-36(23-21-32)51-55-49(34-14-6-2-7-15-34)54-50(56-51)35-16-8-3-9-17-35/h1-31,47-48H. The predicted octanol–water partition coefficient (Wildman–Crippen LogP) is 11.7. The highest BCUT2D eigenvalue weighted by atomic mass is 15.0. The first-order valence-corrected chi connectivity index (χ1v) is 19.0. The maximum Gasteiger partial charge on any atom is 0.164 e. The fourth-order valence-corrected chi connectivity index (χ4v) is 8.54. The van der Waals surface area contributed by atoms with E-state index in [1.807, 2.05) is 91.3 Å². The Balaban J connectivity index is 0.941. The molecule has 56 heavy (non-hydrogen) atoms. The molecule has 0 amide bonds. The molecule has 0 spiro atoms. The van der Waals surface area contributed by atoms with E-state index in [0.717, 1.165) is 44.8 Å². The van der Waals surface area contributed by atoms with Crippen molar-refractivity contribution >= 4 is 0 Å². The van der Waals surface area contributed by atoms with Gasteiger partial charge in [0, 0.05) is 39.7 Å². The van der Waals surface area contributed by atoms with Gasteiger partial charge in [0.15, 0.2) is 17.5 Å². The zero-order valence-electron chi connectivity index (χ0n) is 30.3. The van der Waals surface area contributed by atoms with Crippen LogP contribution in [0.15, 0.2) is 188 Å². The zero-order chi connectivity index (χ0) is 37.0. The molecule has 3 aliphatic rings. The molecule has 0 aliphatic heterocycles. The molecule has 5 nitrogen and oxygen atoms in total. The molecule has 0 radical (unpaired) electrons. The van der Waals surface area contributed by atoms with Gasteiger partial charge in [-0.3, -0.25) is 9.97 Å². The maximum atomic E-state index is 4.94. The monoisotopic (exact) mass is 715 g/mol. The van der Waals surface area contributed by atoms with Crippen molar-refractivity contribution in [3.8, 4) is 67.8 Å². The lowest BCUT2D eigenvalue weighted by atomic mass is 9.60. The number of hydrogen-bond donors (Lipinski definition) is 0. The van der Waals surface area contributed by atoms with Crippen LogP contribution >= 0.6 is 0 Å². The molecule has 0 saturated heterocycles. The van der Waals surface area contributed by atoms with Crippen LogP contribution in [0.4, 0.5) is 0 Å². The number of nitrogens with zero attached hydrogens (tertiary/aromatic N) is 5. The molecular formula is C51H33N5. The first-order chi connectivity index (χ1) is 27.7. The van der Waals surface area contributed by atoms with Crippen molar-refractivity contribution in [3.63, 3.8) is 0 Å². The van der Waals surface area contributed by atoms with Gasteiger partial charge in [-0.1, -0.05) is 164 Å². The summed E-state index contributed by atoms with van der Waals surface area (Å²) in [5, 5.41) is 0. The smallest absolute Gasteiger partial charge is 0.164 e. The van der Waals surface area contributed by atoms with Gasteiger partial charge >= 0.3 is 0 Å². The minimum absolute atomic E-state index is 0.149. The number of rotatable bonds is 6. The van der Waals surface area contributed by atoms with Crippen LogP contribution in [0.1, 0.15) is 45.2 Å². The van der Waals surface area contributed by atoms with E-state index < -0.39 is 0 Å². The summed E-state index contributed by atoms with van der Waals surface area (Å²) in [5.74, 6) is 2.27. The van der Waals surface area contributed by atoms with Gasteiger partial charge in [-0.05, 0) is 56.6 Å². The lowest BCUT2D eigenvalue weighted by molar-refractivity contribution is 0.755. The molecule has 9 aromatic rings. The summed E-state index contributed by atoms with van der Waals surface area (Å²) < 4.78 is 0. The third-order valence-corrected chi connectivity index (χ3v) is 11.2. The number of aromatic nitrogens is 5. The Morgan fingerprint density at radius 3 is 1.12 bits per heavy atom. The third kappa shape index (κ3) is 5.44. The van der Waals surface area contributed by atoms with Crippen LogP contribution in [0.2, 0.25) is 0 Å². The van der Waals surface area contributed by atoms with Crippen LogP contribution in [0.25, 0.3) is 67.8 Å². The van der Waals surface area contributed by atoms with Crippen LogP contribution in [-0.2, 0) is 0 Å². The Hall–Kier alpha value is -7.37. The second-order valence-corrected chi connectivity index (χ2v) is 14.5. The second kappa shape index (κ2) is 13.2. The minimum atomic E-state index is 0.149. The van der Waals surface area contributed by atoms with Gasteiger partial charge in [-0.25, -0.2) is 15.0 Å². The second-order valence-electron chi connectivity index (χ2n) is 14.5. The van der Waals surface area contributed by atoms with E-state index in [1.165, 1.54) is 38.9 Å². The summed E-state index contributed by atoms with van der Waals surface area (Å²) in [6.45, 7) is 0. The molecule has 2 atom stereocenters. The van der Waals surface area contributed by atoms with Crippen molar-refractivity contribution in [2.24, 2.45) is 0 Å². The molecule has 2 unspecified atom stereocenters. The Labute approximate surface area is 325 Å². The van der Waals surface area contributed by atoms with Crippen molar-refractivity contribution < 1.29 is 0 Å². The molecule has 7 aromatic carbocycles. The minimum Gasteiger partial charge on any atom is -0.252 e. The lowest BCUT2D eigenvalue weighted by Crippen LogP contribution is -2.27. The highest BCUT2D eigenvalue weighted by Crippen LogP contribution is 2.56. The average molecular weight is 716 g/mol. The molecule has 2 heterocycles. The molecule has 0 fully saturated rings. The van der Waals surface area contributed by atoms with Gasteiger partial charge in [0.05, 0.1) is 23.8 Å². The van der Waals surface area contributed by atoms with Gasteiger partial charge < -0.3 is 0 Å². The summed E-state index contributed by atoms with van der Waals surface area (Å²) in [6.07, 6.45) is 3.78. The average Bonchev–Trinajstić information content (AvgIpc) is 3.29. The normalized spacial score (nSPS) is 14.8. The zero-order valence-corrected chi connectivity index (χ0v) is 30.3. The van der Waals surface area contributed by atoms with Gasteiger partial charge in [0.1, 0.15) is 0 Å². The Bertz CT molecular complexity index is 2830. The summed E-state index contributed by atoms with van der Waals surface area (Å²) in [7, 11) is 0. The van der Waals surface area contributed by atoms with E-state index >= 15 is 0 Å². The van der Waals surface area contributed by atoms with Crippen LogP contribution < -0.4 is 0 Å². The van der Waals surface area contributed by atoms with Gasteiger partial charge in [-0.2, -0.15) is 0 Å². The predicted molar refractivity (Wildman–Crippen MR) is 223 cm³/mol. The molecule has 2 bridgehead atoms.